The van der Waals surface area contributed by atoms with Crippen LogP contribution in [0.15, 0.2) is 27.8 Å². The second-order valence-corrected chi connectivity index (χ2v) is 5.54. The Kier molecular flexibility index (Phi) is 10.2. The first kappa shape index (κ1) is 18.6. The summed E-state index contributed by atoms with van der Waals surface area (Å²) in [6, 6.07) is 3.89. The van der Waals surface area contributed by atoms with Gasteiger partial charge in [0.05, 0.1) is 6.26 Å². The van der Waals surface area contributed by atoms with Gasteiger partial charge in [-0.2, -0.15) is 0 Å². The van der Waals surface area contributed by atoms with E-state index in [-0.39, 0.29) is 6.61 Å². The molecule has 0 aliphatic heterocycles. The number of hydrogen-bond acceptors (Lipinski definition) is 3. The van der Waals surface area contributed by atoms with E-state index in [0.717, 1.165) is 63.5 Å². The predicted molar refractivity (Wildman–Crippen MR) is 91.1 cm³/mol. The number of aliphatic hydroxyl groups excluding tert-OH is 1. The highest BCUT2D eigenvalue weighted by molar-refractivity contribution is 5.79. The summed E-state index contributed by atoms with van der Waals surface area (Å²) in [5, 5.41) is 15.8. The maximum absolute atomic E-state index is 9.13. The summed E-state index contributed by atoms with van der Waals surface area (Å²) < 4.78 is 5.33. The zero-order valence-electron chi connectivity index (χ0n) is 14.0. The van der Waals surface area contributed by atoms with E-state index in [1.165, 1.54) is 0 Å². The minimum absolute atomic E-state index is 0.240. The minimum Gasteiger partial charge on any atom is -0.469 e. The Balaban J connectivity index is 2.44. The molecule has 1 aromatic heterocycles. The molecule has 0 bridgehead atoms. The van der Waals surface area contributed by atoms with E-state index in [1.54, 1.807) is 6.26 Å². The summed E-state index contributed by atoms with van der Waals surface area (Å²) in [6.07, 6.45) is 6.67. The van der Waals surface area contributed by atoms with Gasteiger partial charge >= 0.3 is 0 Å². The second kappa shape index (κ2) is 12.1. The van der Waals surface area contributed by atoms with Gasteiger partial charge in [0.15, 0.2) is 5.96 Å². The molecule has 0 aliphatic carbocycles. The van der Waals surface area contributed by atoms with Crippen LogP contribution in [0.2, 0.25) is 0 Å². The van der Waals surface area contributed by atoms with Crippen LogP contribution in [-0.4, -0.2) is 37.3 Å². The Morgan fingerprint density at radius 2 is 2.05 bits per heavy atom. The van der Waals surface area contributed by atoms with Crippen LogP contribution < -0.4 is 10.6 Å². The Labute approximate surface area is 134 Å². The van der Waals surface area contributed by atoms with E-state index in [1.807, 2.05) is 12.1 Å². The molecule has 0 spiro atoms. The van der Waals surface area contributed by atoms with Gasteiger partial charge in [-0.3, -0.25) is 4.99 Å². The first-order valence-electron chi connectivity index (χ1n) is 8.45. The third kappa shape index (κ3) is 8.08. The summed E-state index contributed by atoms with van der Waals surface area (Å²) in [7, 11) is 0. The molecule has 0 fully saturated rings. The smallest absolute Gasteiger partial charge is 0.191 e. The highest BCUT2D eigenvalue weighted by atomic mass is 16.3. The molecular formula is C17H31N3O2. The first-order chi connectivity index (χ1) is 10.8. The van der Waals surface area contributed by atoms with Crippen molar-refractivity contribution in [2.24, 2.45) is 10.9 Å². The number of nitrogens with one attached hydrogen (secondary N) is 2. The van der Waals surface area contributed by atoms with E-state index < -0.39 is 0 Å². The lowest BCUT2D eigenvalue weighted by molar-refractivity contribution is 0.253. The lowest BCUT2D eigenvalue weighted by Crippen LogP contribution is -2.39. The Bertz CT molecular complexity index is 385. The van der Waals surface area contributed by atoms with Crippen LogP contribution in [0.25, 0.3) is 0 Å². The van der Waals surface area contributed by atoms with Crippen molar-refractivity contribution in [3.8, 4) is 0 Å². The van der Waals surface area contributed by atoms with Crippen molar-refractivity contribution < 1.29 is 9.52 Å². The average Bonchev–Trinajstić information content (AvgIpc) is 3.03. The van der Waals surface area contributed by atoms with Crippen molar-refractivity contribution in [2.75, 3.05) is 26.2 Å². The van der Waals surface area contributed by atoms with Crippen LogP contribution in [0.4, 0.5) is 0 Å². The van der Waals surface area contributed by atoms with Crippen LogP contribution >= 0.6 is 0 Å². The molecule has 0 aromatic carbocycles. The predicted octanol–water partition coefficient (Wildman–Crippen LogP) is 2.57. The monoisotopic (exact) mass is 309 g/mol. The number of furan rings is 1. The van der Waals surface area contributed by atoms with E-state index in [4.69, 9.17) is 9.52 Å². The number of aliphatic imine (C=N–C) groups is 1. The number of guanidine groups is 1. The zero-order valence-corrected chi connectivity index (χ0v) is 14.0. The fourth-order valence-electron chi connectivity index (χ4n) is 2.31. The van der Waals surface area contributed by atoms with Crippen molar-refractivity contribution in [2.45, 2.75) is 46.0 Å². The Hall–Kier alpha value is -1.49. The zero-order chi connectivity index (χ0) is 16.0. The van der Waals surface area contributed by atoms with Crippen LogP contribution in [-0.2, 0) is 6.42 Å². The van der Waals surface area contributed by atoms with Crippen LogP contribution in [0.1, 0.15) is 45.3 Å². The van der Waals surface area contributed by atoms with E-state index in [0.29, 0.717) is 5.92 Å². The molecule has 5 nitrogen and oxygen atoms in total. The first-order valence-corrected chi connectivity index (χ1v) is 8.45. The summed E-state index contributed by atoms with van der Waals surface area (Å²) in [5.74, 6) is 2.29. The van der Waals surface area contributed by atoms with E-state index in [2.05, 4.69) is 29.5 Å². The Morgan fingerprint density at radius 1 is 1.23 bits per heavy atom. The third-order valence-electron chi connectivity index (χ3n) is 3.53. The van der Waals surface area contributed by atoms with Crippen molar-refractivity contribution >= 4 is 5.96 Å². The van der Waals surface area contributed by atoms with Gasteiger partial charge < -0.3 is 20.2 Å². The maximum Gasteiger partial charge on any atom is 0.191 e. The molecule has 1 aromatic rings. The van der Waals surface area contributed by atoms with Gasteiger partial charge in [0.1, 0.15) is 5.76 Å². The quantitative estimate of drug-likeness (QED) is 0.434. The molecule has 1 rings (SSSR count). The highest BCUT2D eigenvalue weighted by Gasteiger charge is 2.07. The molecule has 1 unspecified atom stereocenters. The van der Waals surface area contributed by atoms with Crippen molar-refractivity contribution in [3.05, 3.63) is 24.2 Å². The van der Waals surface area contributed by atoms with Crippen LogP contribution in [0, 0.1) is 5.92 Å². The van der Waals surface area contributed by atoms with Crippen LogP contribution in [0.3, 0.4) is 0 Å². The number of rotatable bonds is 11. The average molecular weight is 309 g/mol. The molecule has 0 saturated carbocycles. The molecule has 0 aliphatic rings. The molecule has 126 valence electrons. The van der Waals surface area contributed by atoms with Crippen molar-refractivity contribution in [3.63, 3.8) is 0 Å². The largest absolute Gasteiger partial charge is 0.469 e. The second-order valence-electron chi connectivity index (χ2n) is 5.54. The molecule has 0 saturated heterocycles. The topological polar surface area (TPSA) is 69.8 Å². The Morgan fingerprint density at radius 3 is 2.68 bits per heavy atom. The van der Waals surface area contributed by atoms with Gasteiger partial charge in [-0.05, 0) is 37.3 Å². The summed E-state index contributed by atoms with van der Waals surface area (Å²) >= 11 is 0. The molecule has 1 heterocycles. The lowest BCUT2D eigenvalue weighted by atomic mass is 10.0. The fourth-order valence-corrected chi connectivity index (χ4v) is 2.31. The highest BCUT2D eigenvalue weighted by Crippen LogP contribution is 2.11. The van der Waals surface area contributed by atoms with Gasteiger partial charge in [0, 0.05) is 32.7 Å². The number of nitrogens with zero attached hydrogens (tertiary/aromatic N) is 1. The minimum atomic E-state index is 0.240. The molecule has 3 N–H and O–H groups in total. The van der Waals surface area contributed by atoms with Crippen molar-refractivity contribution in [1.82, 2.24) is 10.6 Å². The summed E-state index contributed by atoms with van der Waals surface area (Å²) in [4.78, 5) is 4.67. The number of hydrogen-bond donors (Lipinski definition) is 3. The summed E-state index contributed by atoms with van der Waals surface area (Å²) in [5.41, 5.74) is 0. The standard InChI is InChI=1S/C17H31N3O2/c1-3-6-15(9-12-21)14-20-17(18-10-4-2)19-11-8-16-7-5-13-22-16/h5,7,13,15,21H,3-4,6,8-12,14H2,1-2H3,(H2,18,19,20). The van der Waals surface area contributed by atoms with Gasteiger partial charge in [-0.15, -0.1) is 0 Å². The van der Waals surface area contributed by atoms with Gasteiger partial charge in [-0.1, -0.05) is 20.3 Å². The fraction of sp³-hybridized carbons (Fsp3) is 0.706. The summed E-state index contributed by atoms with van der Waals surface area (Å²) in [6.45, 7) is 7.01. The third-order valence-corrected chi connectivity index (χ3v) is 3.53. The molecular weight excluding hydrogens is 278 g/mol. The molecule has 5 heteroatoms. The van der Waals surface area contributed by atoms with E-state index in [9.17, 15) is 0 Å². The SMILES string of the molecule is CCCNC(=NCC(CCC)CCO)NCCc1ccco1. The van der Waals surface area contributed by atoms with Gasteiger partial charge in [0.2, 0.25) is 0 Å². The van der Waals surface area contributed by atoms with Gasteiger partial charge in [0.25, 0.3) is 0 Å². The lowest BCUT2D eigenvalue weighted by Gasteiger charge is -2.15. The molecule has 1 atom stereocenters. The van der Waals surface area contributed by atoms with E-state index >= 15 is 0 Å². The number of aliphatic hydroxyl groups is 1. The molecule has 0 radical (unpaired) electrons. The van der Waals surface area contributed by atoms with Crippen molar-refractivity contribution in [1.29, 1.82) is 0 Å². The van der Waals surface area contributed by atoms with Crippen LogP contribution in [0.5, 0.6) is 0 Å². The maximum atomic E-state index is 9.13. The molecule has 0 amide bonds. The van der Waals surface area contributed by atoms with Gasteiger partial charge in [-0.25, -0.2) is 0 Å². The molecule has 22 heavy (non-hydrogen) atoms. The normalized spacial score (nSPS) is 13.1.